The lowest BCUT2D eigenvalue weighted by Gasteiger charge is -2.08. The highest BCUT2D eigenvalue weighted by Crippen LogP contribution is 2.23. The molecule has 28 heavy (non-hydrogen) atoms. The van der Waals surface area contributed by atoms with Crippen molar-refractivity contribution in [3.8, 4) is 11.1 Å². The summed E-state index contributed by atoms with van der Waals surface area (Å²) < 4.78 is 1.81. The molecule has 4 rings (SSSR count). The van der Waals surface area contributed by atoms with Gasteiger partial charge in [0.15, 0.2) is 0 Å². The number of carbonyl (C=O) groups excluding carboxylic acids is 2. The predicted octanol–water partition coefficient (Wildman–Crippen LogP) is 1.38. The van der Waals surface area contributed by atoms with Crippen LogP contribution in [0.2, 0.25) is 0 Å². The zero-order chi connectivity index (χ0) is 19.5. The van der Waals surface area contributed by atoms with Crippen molar-refractivity contribution in [2.75, 3.05) is 17.2 Å². The van der Waals surface area contributed by atoms with Crippen molar-refractivity contribution >= 4 is 35.0 Å². The Balaban J connectivity index is 1.57. The third kappa shape index (κ3) is 3.67. The quantitative estimate of drug-likeness (QED) is 0.461. The highest BCUT2D eigenvalue weighted by molar-refractivity contribution is 5.93. The summed E-state index contributed by atoms with van der Waals surface area (Å²) >= 11 is 0. The molecule has 1 unspecified atom stereocenters. The Morgan fingerprint density at radius 3 is 2.93 bits per heavy atom. The fourth-order valence-corrected chi connectivity index (χ4v) is 3.35. The minimum absolute atomic E-state index is 0.0510. The van der Waals surface area contributed by atoms with Gasteiger partial charge in [-0.2, -0.15) is 0 Å². The first-order valence-electron chi connectivity index (χ1n) is 9.15. The molecule has 0 saturated carbocycles. The van der Waals surface area contributed by atoms with Crippen LogP contribution in [0.3, 0.4) is 0 Å². The predicted molar refractivity (Wildman–Crippen MR) is 105 cm³/mol. The number of carbonyl (C=O) groups is 2. The average Bonchev–Trinajstić information content (AvgIpc) is 3.24. The van der Waals surface area contributed by atoms with Crippen LogP contribution in [0.25, 0.3) is 22.0 Å². The van der Waals surface area contributed by atoms with E-state index in [2.05, 4.69) is 25.9 Å². The number of benzene rings is 1. The number of nitrogens with one attached hydrogen (secondary N) is 3. The molecule has 1 aromatic carbocycles. The van der Waals surface area contributed by atoms with Gasteiger partial charge < -0.3 is 10.6 Å². The molecule has 1 saturated heterocycles. The Morgan fingerprint density at radius 1 is 1.29 bits per heavy atom. The highest BCUT2D eigenvalue weighted by atomic mass is 16.2. The van der Waals surface area contributed by atoms with Gasteiger partial charge in [0.25, 0.3) is 5.91 Å². The van der Waals surface area contributed by atoms with Crippen LogP contribution in [0.5, 0.6) is 0 Å². The van der Waals surface area contributed by atoms with Crippen LogP contribution in [-0.4, -0.2) is 34.9 Å². The van der Waals surface area contributed by atoms with E-state index in [1.54, 1.807) is 12.3 Å². The Morgan fingerprint density at radius 2 is 2.18 bits per heavy atom. The molecule has 1 aliphatic heterocycles. The summed E-state index contributed by atoms with van der Waals surface area (Å²) in [5.74, 6) is 0.972. The van der Waals surface area contributed by atoms with Crippen LogP contribution >= 0.6 is 0 Å². The van der Waals surface area contributed by atoms with E-state index in [4.69, 9.17) is 0 Å². The van der Waals surface area contributed by atoms with E-state index in [1.165, 1.54) is 0 Å². The Hall–Kier alpha value is -3.39. The summed E-state index contributed by atoms with van der Waals surface area (Å²) in [6.45, 7) is 0.875. The molecule has 2 amide bonds. The number of hydrogen-bond donors (Lipinski definition) is 3. The molecule has 142 valence electrons. The molecule has 0 radical (unpaired) electrons. The van der Waals surface area contributed by atoms with Gasteiger partial charge in [-0.05, 0) is 49.2 Å². The molecule has 2 aromatic heterocycles. The number of amides is 2. The molecule has 0 aliphatic carbocycles. The van der Waals surface area contributed by atoms with Gasteiger partial charge in [0.1, 0.15) is 18.1 Å². The summed E-state index contributed by atoms with van der Waals surface area (Å²) in [4.78, 5) is 31.7. The Labute approximate surface area is 162 Å². The van der Waals surface area contributed by atoms with Crippen LogP contribution in [0.4, 0.5) is 11.8 Å². The number of anilines is 2. The van der Waals surface area contributed by atoms with E-state index in [0.29, 0.717) is 18.2 Å². The van der Waals surface area contributed by atoms with Crippen molar-refractivity contribution < 1.29 is 14.2 Å². The van der Waals surface area contributed by atoms with Gasteiger partial charge in [-0.3, -0.25) is 9.59 Å². The molecule has 3 heterocycles. The largest absolute Gasteiger partial charge is 0.398 e. The van der Waals surface area contributed by atoms with E-state index >= 15 is 0 Å². The van der Waals surface area contributed by atoms with E-state index in [-0.39, 0.29) is 11.9 Å². The number of rotatable bonds is 5. The van der Waals surface area contributed by atoms with Gasteiger partial charge in [0.2, 0.25) is 6.41 Å². The van der Waals surface area contributed by atoms with Gasteiger partial charge in [0.05, 0.1) is 18.8 Å². The van der Waals surface area contributed by atoms with Crippen molar-refractivity contribution in [3.05, 3.63) is 42.7 Å². The van der Waals surface area contributed by atoms with Gasteiger partial charge in [-0.25, -0.2) is 14.9 Å². The van der Waals surface area contributed by atoms with Gasteiger partial charge in [-0.1, -0.05) is 11.1 Å². The number of pyridine rings is 1. The average molecular weight is 377 g/mol. The second-order valence-corrected chi connectivity index (χ2v) is 6.78. The van der Waals surface area contributed by atoms with Crippen molar-refractivity contribution in [1.82, 2.24) is 15.3 Å². The highest BCUT2D eigenvalue weighted by Gasteiger charge is 2.26. The molecule has 1 atom stereocenters. The van der Waals surface area contributed by atoms with Crippen molar-refractivity contribution in [2.24, 2.45) is 7.05 Å². The van der Waals surface area contributed by atoms with Crippen molar-refractivity contribution in [2.45, 2.75) is 18.9 Å². The van der Waals surface area contributed by atoms with E-state index in [0.717, 1.165) is 41.4 Å². The molecule has 3 aromatic rings. The zero-order valence-corrected chi connectivity index (χ0v) is 15.5. The van der Waals surface area contributed by atoms with Gasteiger partial charge >= 0.3 is 5.95 Å². The summed E-state index contributed by atoms with van der Waals surface area (Å²) in [5.41, 5.74) is 2.71. The SMILES string of the molecule is C[n+]1cc(-c2ccc3nc(NC=O)ccc3c2)cnc1NC(=O)C1CCCN1. The first-order valence-corrected chi connectivity index (χ1v) is 9.15. The standard InChI is InChI=1S/C20H20N6O2/c1-26-11-15(10-22-20(26)25-19(28)17-3-2-8-21-17)13-4-6-16-14(9-13)5-7-18(24-16)23-12-27/h4-7,9-12,17,21H,2-3,8H2,1H3,(H,23,24,27)/p+1. The third-order valence-electron chi connectivity index (χ3n) is 4.83. The lowest BCUT2D eigenvalue weighted by Crippen LogP contribution is -2.41. The topological polar surface area (TPSA) is 99.9 Å². The molecule has 0 bridgehead atoms. The van der Waals surface area contributed by atoms with Crippen molar-refractivity contribution in [3.63, 3.8) is 0 Å². The van der Waals surface area contributed by atoms with Crippen molar-refractivity contribution in [1.29, 1.82) is 0 Å². The van der Waals surface area contributed by atoms with Crippen LogP contribution in [0.15, 0.2) is 42.7 Å². The molecule has 8 heteroatoms. The van der Waals surface area contributed by atoms with Crippen LogP contribution in [-0.2, 0) is 16.6 Å². The lowest BCUT2D eigenvalue weighted by molar-refractivity contribution is -0.658. The van der Waals surface area contributed by atoms with Gasteiger partial charge in [0, 0.05) is 10.9 Å². The summed E-state index contributed by atoms with van der Waals surface area (Å²) in [7, 11) is 1.86. The fraction of sp³-hybridized carbons (Fsp3) is 0.250. The lowest BCUT2D eigenvalue weighted by atomic mass is 10.1. The minimum Gasteiger partial charge on any atom is -0.313 e. The summed E-state index contributed by atoms with van der Waals surface area (Å²) in [6.07, 6.45) is 6.15. The normalized spacial score (nSPS) is 16.1. The molecular weight excluding hydrogens is 356 g/mol. The van der Waals surface area contributed by atoms with Crippen LogP contribution in [0.1, 0.15) is 12.8 Å². The second-order valence-electron chi connectivity index (χ2n) is 6.78. The number of fused-ring (bicyclic) bond motifs is 1. The van der Waals surface area contributed by atoms with E-state index in [9.17, 15) is 9.59 Å². The number of aromatic nitrogens is 3. The first-order chi connectivity index (χ1) is 13.6. The van der Waals surface area contributed by atoms with Crippen LogP contribution in [0, 0.1) is 0 Å². The Kier molecular flexibility index (Phi) is 4.94. The van der Waals surface area contributed by atoms with Gasteiger partial charge in [-0.15, -0.1) is 0 Å². The number of aryl methyl sites for hydroxylation is 1. The maximum Gasteiger partial charge on any atom is 0.398 e. The number of nitrogens with zero attached hydrogens (tertiary/aromatic N) is 3. The molecule has 0 spiro atoms. The monoisotopic (exact) mass is 377 g/mol. The molecule has 8 nitrogen and oxygen atoms in total. The van der Waals surface area contributed by atoms with Crippen LogP contribution < -0.4 is 20.5 Å². The second kappa shape index (κ2) is 7.69. The van der Waals surface area contributed by atoms with E-state index in [1.807, 2.05) is 42.1 Å². The maximum atomic E-state index is 12.3. The maximum absolute atomic E-state index is 12.3. The summed E-state index contributed by atoms with van der Waals surface area (Å²) in [6, 6.07) is 9.40. The molecule has 3 N–H and O–H groups in total. The fourth-order valence-electron chi connectivity index (χ4n) is 3.35. The zero-order valence-electron chi connectivity index (χ0n) is 15.5. The Bertz CT molecular complexity index is 1050. The first kappa shape index (κ1) is 18.0. The third-order valence-corrected chi connectivity index (χ3v) is 4.83. The summed E-state index contributed by atoms with van der Waals surface area (Å²) in [5, 5.41) is 9.58. The molecule has 1 fully saturated rings. The van der Waals surface area contributed by atoms with E-state index < -0.39 is 0 Å². The number of hydrogen-bond acceptors (Lipinski definition) is 5. The minimum atomic E-state index is -0.145. The molecule has 1 aliphatic rings. The molecular formula is C20H21N6O2+. The smallest absolute Gasteiger partial charge is 0.313 e.